The summed E-state index contributed by atoms with van der Waals surface area (Å²) in [4.78, 5) is 24.2. The van der Waals surface area contributed by atoms with Gasteiger partial charge in [0.05, 0.1) is 22.3 Å². The first kappa shape index (κ1) is 18.9. The first-order valence-electron chi connectivity index (χ1n) is 8.30. The highest BCUT2D eigenvalue weighted by molar-refractivity contribution is 9.10. The normalized spacial score (nSPS) is 10.7. The minimum absolute atomic E-state index is 0.241. The van der Waals surface area contributed by atoms with E-state index in [2.05, 4.69) is 26.3 Å². The molecule has 3 rings (SSSR count). The molecule has 8 heteroatoms. The van der Waals surface area contributed by atoms with E-state index < -0.39 is 5.97 Å². The van der Waals surface area contributed by atoms with Crippen LogP contribution in [0.15, 0.2) is 45.4 Å². The average Bonchev–Trinajstić information content (AvgIpc) is 3.21. The zero-order valence-corrected chi connectivity index (χ0v) is 16.7. The number of benzene rings is 1. The Labute approximate surface area is 164 Å². The molecule has 0 bridgehead atoms. The van der Waals surface area contributed by atoms with Gasteiger partial charge < -0.3 is 14.5 Å². The summed E-state index contributed by atoms with van der Waals surface area (Å²) < 4.78 is 12.6. The molecule has 0 saturated heterocycles. The molecule has 0 aliphatic heterocycles. The number of anilines is 1. The summed E-state index contributed by atoms with van der Waals surface area (Å²) in [6, 6.07) is 8.69. The van der Waals surface area contributed by atoms with E-state index in [0.717, 1.165) is 5.69 Å². The molecule has 0 spiro atoms. The second kappa shape index (κ2) is 7.79. The Kier molecular flexibility index (Phi) is 5.46. The van der Waals surface area contributed by atoms with E-state index in [1.54, 1.807) is 62.0 Å². The fourth-order valence-electron chi connectivity index (χ4n) is 2.59. The summed E-state index contributed by atoms with van der Waals surface area (Å²) in [5.74, 6) is 0.491. The van der Waals surface area contributed by atoms with Gasteiger partial charge in [-0.05, 0) is 67.0 Å². The fourth-order valence-corrected chi connectivity index (χ4v) is 3.13. The van der Waals surface area contributed by atoms with Crippen molar-refractivity contribution < 1.29 is 18.7 Å². The highest BCUT2D eigenvalue weighted by Gasteiger charge is 2.20. The van der Waals surface area contributed by atoms with Crippen molar-refractivity contribution in [2.75, 3.05) is 11.9 Å². The second-order valence-corrected chi connectivity index (χ2v) is 6.56. The number of nitrogens with zero attached hydrogens (tertiary/aromatic N) is 2. The van der Waals surface area contributed by atoms with Gasteiger partial charge in [-0.1, -0.05) is 0 Å². The van der Waals surface area contributed by atoms with Crippen LogP contribution >= 0.6 is 15.9 Å². The summed E-state index contributed by atoms with van der Waals surface area (Å²) in [6.45, 7) is 5.57. The lowest BCUT2D eigenvalue weighted by molar-refractivity contribution is 0.0519. The molecule has 0 saturated carbocycles. The van der Waals surface area contributed by atoms with Crippen LogP contribution in [0.5, 0.6) is 0 Å². The smallest absolute Gasteiger partial charge is 0.358 e. The van der Waals surface area contributed by atoms with Crippen LogP contribution in [0.1, 0.15) is 39.3 Å². The minimum Gasteiger partial charge on any atom is -0.465 e. The molecule has 2 aromatic heterocycles. The number of rotatable bonds is 5. The van der Waals surface area contributed by atoms with Crippen LogP contribution in [0.4, 0.5) is 5.69 Å². The number of aromatic nitrogens is 2. The van der Waals surface area contributed by atoms with E-state index in [-0.39, 0.29) is 11.6 Å². The van der Waals surface area contributed by atoms with Crippen LogP contribution in [-0.4, -0.2) is 28.3 Å². The number of hydrogen-bond donors (Lipinski definition) is 1. The van der Waals surface area contributed by atoms with Crippen molar-refractivity contribution in [2.24, 2.45) is 0 Å². The number of furan rings is 1. The lowest BCUT2D eigenvalue weighted by Gasteiger charge is -2.07. The van der Waals surface area contributed by atoms with Crippen molar-refractivity contribution in [1.29, 1.82) is 0 Å². The Morgan fingerprint density at radius 2 is 1.89 bits per heavy atom. The van der Waals surface area contributed by atoms with Crippen LogP contribution < -0.4 is 5.32 Å². The van der Waals surface area contributed by atoms with Crippen molar-refractivity contribution in [3.8, 4) is 5.69 Å². The SMILES string of the molecule is CCOC(=O)c1ccn(-c2ccc(NC(=O)c3c(C)oc(C)c3Br)cc2)n1. The molecule has 2 heterocycles. The number of esters is 1. The molecule has 7 nitrogen and oxygen atoms in total. The Balaban J connectivity index is 1.74. The number of carbonyl (C=O) groups is 2. The van der Waals surface area contributed by atoms with Gasteiger partial charge >= 0.3 is 5.97 Å². The van der Waals surface area contributed by atoms with E-state index in [0.29, 0.717) is 33.9 Å². The highest BCUT2D eigenvalue weighted by Crippen LogP contribution is 2.28. The van der Waals surface area contributed by atoms with E-state index in [1.165, 1.54) is 0 Å². The van der Waals surface area contributed by atoms with Crippen LogP contribution in [0.25, 0.3) is 5.69 Å². The fraction of sp³-hybridized carbons (Fsp3) is 0.211. The van der Waals surface area contributed by atoms with Gasteiger partial charge in [-0.15, -0.1) is 0 Å². The molecule has 3 aromatic rings. The third kappa shape index (κ3) is 3.95. The van der Waals surface area contributed by atoms with Gasteiger partial charge in [0.2, 0.25) is 0 Å². The van der Waals surface area contributed by atoms with Gasteiger partial charge in [0, 0.05) is 11.9 Å². The summed E-state index contributed by atoms with van der Waals surface area (Å²) in [5, 5.41) is 7.04. The Morgan fingerprint density at radius 3 is 2.48 bits per heavy atom. The predicted molar refractivity (Wildman–Crippen MR) is 103 cm³/mol. The third-order valence-electron chi connectivity index (χ3n) is 3.88. The maximum absolute atomic E-state index is 12.5. The van der Waals surface area contributed by atoms with E-state index in [4.69, 9.17) is 9.15 Å². The predicted octanol–water partition coefficient (Wildman–Crippen LogP) is 4.27. The summed E-state index contributed by atoms with van der Waals surface area (Å²) in [6.07, 6.45) is 1.68. The third-order valence-corrected chi connectivity index (χ3v) is 4.83. The minimum atomic E-state index is -0.462. The first-order chi connectivity index (χ1) is 12.9. The second-order valence-electron chi connectivity index (χ2n) is 5.77. The molecule has 0 unspecified atom stereocenters. The van der Waals surface area contributed by atoms with Gasteiger partial charge in [0.25, 0.3) is 5.91 Å². The summed E-state index contributed by atoms with van der Waals surface area (Å²) >= 11 is 3.38. The summed E-state index contributed by atoms with van der Waals surface area (Å²) in [7, 11) is 0. The molecule has 27 heavy (non-hydrogen) atoms. The maximum atomic E-state index is 12.5. The van der Waals surface area contributed by atoms with E-state index >= 15 is 0 Å². The van der Waals surface area contributed by atoms with Crippen LogP contribution in [0.2, 0.25) is 0 Å². The molecular weight excluding hydrogens is 414 g/mol. The lowest BCUT2D eigenvalue weighted by atomic mass is 10.2. The molecule has 0 atom stereocenters. The standard InChI is InChI=1S/C19H18BrN3O4/c1-4-26-19(25)15-9-10-23(22-15)14-7-5-13(6-8-14)21-18(24)16-11(2)27-12(3)17(16)20/h5-10H,4H2,1-3H3,(H,21,24). The molecular formula is C19H18BrN3O4. The summed E-state index contributed by atoms with van der Waals surface area (Å²) in [5.41, 5.74) is 2.10. The van der Waals surface area contributed by atoms with Gasteiger partial charge in [0.15, 0.2) is 5.69 Å². The maximum Gasteiger partial charge on any atom is 0.358 e. The van der Waals surface area contributed by atoms with Crippen molar-refractivity contribution >= 4 is 33.5 Å². The van der Waals surface area contributed by atoms with Crippen LogP contribution in [0.3, 0.4) is 0 Å². The van der Waals surface area contributed by atoms with Gasteiger partial charge in [0.1, 0.15) is 11.5 Å². The molecule has 0 fully saturated rings. The molecule has 0 aliphatic rings. The average molecular weight is 432 g/mol. The Bertz CT molecular complexity index is 989. The van der Waals surface area contributed by atoms with E-state index in [1.807, 2.05) is 0 Å². The molecule has 140 valence electrons. The monoisotopic (exact) mass is 431 g/mol. The van der Waals surface area contributed by atoms with Crippen molar-refractivity contribution in [3.63, 3.8) is 0 Å². The number of nitrogens with one attached hydrogen (secondary N) is 1. The highest BCUT2D eigenvalue weighted by atomic mass is 79.9. The molecule has 1 N–H and O–H groups in total. The van der Waals surface area contributed by atoms with Crippen molar-refractivity contribution in [3.05, 3.63) is 63.8 Å². The van der Waals surface area contributed by atoms with Crippen LogP contribution in [0, 0.1) is 13.8 Å². The topological polar surface area (TPSA) is 86.4 Å². The van der Waals surface area contributed by atoms with Crippen molar-refractivity contribution in [1.82, 2.24) is 9.78 Å². The number of carbonyl (C=O) groups excluding carboxylic acids is 2. The van der Waals surface area contributed by atoms with Crippen molar-refractivity contribution in [2.45, 2.75) is 20.8 Å². The lowest BCUT2D eigenvalue weighted by Crippen LogP contribution is -2.13. The number of halogens is 1. The van der Waals surface area contributed by atoms with E-state index in [9.17, 15) is 9.59 Å². The van der Waals surface area contributed by atoms with Gasteiger partial charge in [-0.25, -0.2) is 9.48 Å². The van der Waals surface area contributed by atoms with Gasteiger partial charge in [-0.2, -0.15) is 5.10 Å². The largest absolute Gasteiger partial charge is 0.465 e. The number of ether oxygens (including phenoxy) is 1. The molecule has 0 aliphatic carbocycles. The molecule has 1 amide bonds. The Hall–Kier alpha value is -2.87. The van der Waals surface area contributed by atoms with Crippen LogP contribution in [-0.2, 0) is 4.74 Å². The number of aryl methyl sites for hydroxylation is 2. The first-order valence-corrected chi connectivity index (χ1v) is 9.10. The van der Waals surface area contributed by atoms with Gasteiger partial charge in [-0.3, -0.25) is 4.79 Å². The molecule has 1 aromatic carbocycles. The zero-order valence-electron chi connectivity index (χ0n) is 15.1. The zero-order chi connectivity index (χ0) is 19.6. The number of amides is 1. The Morgan fingerprint density at radius 1 is 1.19 bits per heavy atom. The molecule has 0 radical (unpaired) electrons. The number of hydrogen-bond acceptors (Lipinski definition) is 5. The quantitative estimate of drug-likeness (QED) is 0.609.